The average Bonchev–Trinajstić information content (AvgIpc) is 2.76. The second-order valence-corrected chi connectivity index (χ2v) is 7.50. The zero-order valence-corrected chi connectivity index (χ0v) is 12.7. The van der Waals surface area contributed by atoms with E-state index in [1.165, 1.54) is 30.1 Å². The van der Waals surface area contributed by atoms with Crippen molar-refractivity contribution in [2.45, 2.75) is 12.5 Å². The molecule has 0 aromatic heterocycles. The Hall–Kier alpha value is -1.67. The third kappa shape index (κ3) is 3.16. The van der Waals surface area contributed by atoms with Crippen LogP contribution in [-0.2, 0) is 9.84 Å². The van der Waals surface area contributed by atoms with Crippen LogP contribution in [0.15, 0.2) is 18.2 Å². The smallest absolute Gasteiger partial charge is 0.300 e. The average molecular weight is 333 g/mol. The molecule has 1 aromatic carbocycles. The van der Waals surface area contributed by atoms with Crippen LogP contribution in [0, 0.1) is 10.1 Å². The number of carbonyl (C=O) groups is 1. The molecular weight excluding hydrogens is 320 g/mol. The van der Waals surface area contributed by atoms with Gasteiger partial charge in [0.1, 0.15) is 10.6 Å². The van der Waals surface area contributed by atoms with Crippen molar-refractivity contribution in [1.82, 2.24) is 4.90 Å². The van der Waals surface area contributed by atoms with Crippen LogP contribution in [0.1, 0.15) is 16.8 Å². The van der Waals surface area contributed by atoms with Crippen molar-refractivity contribution in [3.05, 3.63) is 38.9 Å². The van der Waals surface area contributed by atoms with Gasteiger partial charge in [0.15, 0.2) is 9.84 Å². The van der Waals surface area contributed by atoms with Crippen molar-refractivity contribution in [2.75, 3.05) is 18.6 Å². The highest BCUT2D eigenvalue weighted by atomic mass is 35.5. The van der Waals surface area contributed by atoms with Crippen LogP contribution >= 0.6 is 11.6 Å². The molecule has 0 spiro atoms. The molecule has 7 nitrogen and oxygen atoms in total. The Labute approximate surface area is 126 Å². The van der Waals surface area contributed by atoms with Gasteiger partial charge in [-0.1, -0.05) is 17.7 Å². The lowest BCUT2D eigenvalue weighted by Crippen LogP contribution is -2.38. The number of nitro benzene ring substituents is 1. The molecule has 1 atom stereocenters. The third-order valence-electron chi connectivity index (χ3n) is 3.48. The lowest BCUT2D eigenvalue weighted by Gasteiger charge is -2.23. The Bertz CT molecular complexity index is 704. The normalized spacial score (nSPS) is 20.2. The van der Waals surface area contributed by atoms with Crippen molar-refractivity contribution in [3.8, 4) is 0 Å². The van der Waals surface area contributed by atoms with Crippen molar-refractivity contribution >= 4 is 33.0 Å². The third-order valence-corrected chi connectivity index (χ3v) is 5.53. The summed E-state index contributed by atoms with van der Waals surface area (Å²) in [6.07, 6.45) is 0.332. The molecule has 2 rings (SSSR count). The number of nitrogens with zero attached hydrogens (tertiary/aromatic N) is 2. The number of nitro groups is 1. The largest absolute Gasteiger partial charge is 0.337 e. The maximum Gasteiger partial charge on any atom is 0.300 e. The predicted molar refractivity (Wildman–Crippen MR) is 77.3 cm³/mol. The van der Waals surface area contributed by atoms with Gasteiger partial charge in [0, 0.05) is 13.1 Å². The first kappa shape index (κ1) is 15.7. The molecule has 0 aliphatic carbocycles. The first-order chi connectivity index (χ1) is 9.73. The summed E-state index contributed by atoms with van der Waals surface area (Å²) in [5.74, 6) is -0.706. The van der Waals surface area contributed by atoms with Crippen LogP contribution in [0.5, 0.6) is 0 Å². The molecule has 1 amide bonds. The molecule has 0 radical (unpaired) electrons. The number of para-hydroxylation sites is 1. The molecule has 0 saturated carbocycles. The van der Waals surface area contributed by atoms with Crippen molar-refractivity contribution in [2.24, 2.45) is 0 Å². The zero-order valence-electron chi connectivity index (χ0n) is 11.2. The van der Waals surface area contributed by atoms with Crippen LogP contribution < -0.4 is 0 Å². The van der Waals surface area contributed by atoms with Crippen molar-refractivity contribution in [3.63, 3.8) is 0 Å². The highest BCUT2D eigenvalue weighted by Gasteiger charge is 2.35. The summed E-state index contributed by atoms with van der Waals surface area (Å²) in [6, 6.07) is 3.62. The molecule has 1 fully saturated rings. The lowest BCUT2D eigenvalue weighted by atomic mass is 10.1. The quantitative estimate of drug-likeness (QED) is 0.617. The molecule has 114 valence electrons. The van der Waals surface area contributed by atoms with Crippen molar-refractivity contribution < 1.29 is 18.1 Å². The number of sulfone groups is 1. The van der Waals surface area contributed by atoms with Crippen LogP contribution in [0.4, 0.5) is 5.69 Å². The van der Waals surface area contributed by atoms with E-state index in [1.54, 1.807) is 0 Å². The maximum absolute atomic E-state index is 12.4. The number of carbonyl (C=O) groups excluding carboxylic acids is 1. The van der Waals surface area contributed by atoms with Gasteiger partial charge in [-0.2, -0.15) is 0 Å². The van der Waals surface area contributed by atoms with E-state index in [1.807, 2.05) is 0 Å². The minimum atomic E-state index is -3.14. The zero-order chi connectivity index (χ0) is 15.8. The fourth-order valence-corrected chi connectivity index (χ4v) is 4.33. The van der Waals surface area contributed by atoms with Crippen LogP contribution in [0.2, 0.25) is 5.02 Å². The molecular formula is C12H13ClN2O5S. The van der Waals surface area contributed by atoms with E-state index in [9.17, 15) is 23.3 Å². The summed E-state index contributed by atoms with van der Waals surface area (Å²) in [5, 5.41) is 10.9. The van der Waals surface area contributed by atoms with Gasteiger partial charge >= 0.3 is 5.69 Å². The molecule has 1 saturated heterocycles. The number of amides is 1. The SMILES string of the molecule is CN(C(=O)c1cccc(Cl)c1[N+](=O)[O-])C1CCS(=O)(=O)C1. The second-order valence-electron chi connectivity index (χ2n) is 4.87. The van der Waals surface area contributed by atoms with Gasteiger partial charge < -0.3 is 4.90 Å². The molecule has 1 heterocycles. The first-order valence-electron chi connectivity index (χ1n) is 6.13. The number of hydrogen-bond acceptors (Lipinski definition) is 5. The van der Waals surface area contributed by atoms with E-state index < -0.39 is 32.4 Å². The summed E-state index contributed by atoms with van der Waals surface area (Å²) in [5.41, 5.74) is -0.601. The van der Waals surface area contributed by atoms with E-state index in [-0.39, 0.29) is 22.1 Å². The Morgan fingerprint density at radius 1 is 1.48 bits per heavy atom. The number of halogens is 1. The van der Waals surface area contributed by atoms with Gasteiger partial charge in [-0.25, -0.2) is 8.42 Å². The molecule has 1 unspecified atom stereocenters. The Morgan fingerprint density at radius 3 is 2.67 bits per heavy atom. The molecule has 0 bridgehead atoms. The monoisotopic (exact) mass is 332 g/mol. The lowest BCUT2D eigenvalue weighted by molar-refractivity contribution is -0.385. The molecule has 1 aromatic rings. The first-order valence-corrected chi connectivity index (χ1v) is 8.33. The summed E-state index contributed by atoms with van der Waals surface area (Å²) >= 11 is 5.77. The van der Waals surface area contributed by atoms with Gasteiger partial charge in [0.25, 0.3) is 5.91 Å². The highest BCUT2D eigenvalue weighted by molar-refractivity contribution is 7.91. The van der Waals surface area contributed by atoms with Crippen LogP contribution in [-0.4, -0.2) is 48.7 Å². The van der Waals surface area contributed by atoms with Gasteiger partial charge in [-0.05, 0) is 18.6 Å². The second kappa shape index (κ2) is 5.61. The van der Waals surface area contributed by atoms with Gasteiger partial charge in [-0.15, -0.1) is 0 Å². The Morgan fingerprint density at radius 2 is 2.14 bits per heavy atom. The van der Waals surface area contributed by atoms with Crippen LogP contribution in [0.25, 0.3) is 0 Å². The topological polar surface area (TPSA) is 97.6 Å². The van der Waals surface area contributed by atoms with E-state index >= 15 is 0 Å². The van der Waals surface area contributed by atoms with E-state index in [4.69, 9.17) is 11.6 Å². The maximum atomic E-state index is 12.4. The van der Waals surface area contributed by atoms with Crippen LogP contribution in [0.3, 0.4) is 0 Å². The molecule has 1 aliphatic rings. The summed E-state index contributed by atoms with van der Waals surface area (Å²) in [4.78, 5) is 24.0. The van der Waals surface area contributed by atoms with E-state index in [0.717, 1.165) is 0 Å². The van der Waals surface area contributed by atoms with E-state index in [2.05, 4.69) is 0 Å². The van der Waals surface area contributed by atoms with Gasteiger partial charge in [0.2, 0.25) is 0 Å². The van der Waals surface area contributed by atoms with E-state index in [0.29, 0.717) is 6.42 Å². The predicted octanol–water partition coefficient (Wildman–Crippen LogP) is 1.51. The van der Waals surface area contributed by atoms with Crippen molar-refractivity contribution in [1.29, 1.82) is 0 Å². The minimum Gasteiger partial charge on any atom is -0.337 e. The highest BCUT2D eigenvalue weighted by Crippen LogP contribution is 2.30. The number of rotatable bonds is 3. The Balaban J connectivity index is 2.33. The number of benzene rings is 1. The summed E-state index contributed by atoms with van der Waals surface area (Å²) in [6.45, 7) is 0. The Kier molecular flexibility index (Phi) is 4.20. The van der Waals surface area contributed by atoms with Gasteiger partial charge in [-0.3, -0.25) is 14.9 Å². The molecule has 9 heteroatoms. The minimum absolute atomic E-state index is 0.0208. The molecule has 1 aliphatic heterocycles. The fourth-order valence-electron chi connectivity index (χ4n) is 2.31. The fraction of sp³-hybridized carbons (Fsp3) is 0.417. The standard InChI is InChI=1S/C12H13ClN2O5S/c1-14(8-5-6-21(19,20)7-8)12(16)9-3-2-4-10(13)11(9)15(17)18/h2-4,8H,5-7H2,1H3. The van der Waals surface area contributed by atoms with Gasteiger partial charge in [0.05, 0.1) is 16.4 Å². The summed E-state index contributed by atoms with van der Waals surface area (Å²) < 4.78 is 22.9. The number of hydrogen-bond donors (Lipinski definition) is 0. The molecule has 21 heavy (non-hydrogen) atoms. The molecule has 0 N–H and O–H groups in total. The summed E-state index contributed by atoms with van der Waals surface area (Å²) in [7, 11) is -1.70.